The highest BCUT2D eigenvalue weighted by Crippen LogP contribution is 2.09. The Morgan fingerprint density at radius 3 is 2.60 bits per heavy atom. The lowest BCUT2D eigenvalue weighted by Gasteiger charge is -2.23. The van der Waals surface area contributed by atoms with Crippen LogP contribution in [0.15, 0.2) is 0 Å². The minimum Gasteiger partial charge on any atom is -0.481 e. The summed E-state index contributed by atoms with van der Waals surface area (Å²) < 4.78 is 0. The molecule has 0 heterocycles. The molecule has 0 radical (unpaired) electrons. The third kappa shape index (κ3) is 8.35. The van der Waals surface area contributed by atoms with E-state index in [9.17, 15) is 15.0 Å². The van der Waals surface area contributed by atoms with Gasteiger partial charge in [0, 0.05) is 13.1 Å². The second-order valence-electron chi connectivity index (χ2n) is 4.13. The fourth-order valence-corrected chi connectivity index (χ4v) is 1.41. The average molecular weight is 219 g/mol. The number of nitrogens with one attached hydrogen (secondary N) is 1. The summed E-state index contributed by atoms with van der Waals surface area (Å²) in [5, 5.41) is 30.2. The van der Waals surface area contributed by atoms with Crippen molar-refractivity contribution in [2.24, 2.45) is 0 Å². The molecule has 0 aliphatic heterocycles. The topological polar surface area (TPSA) is 89.8 Å². The first kappa shape index (κ1) is 14.3. The lowest BCUT2D eigenvalue weighted by Crippen LogP contribution is -2.41. The first-order valence-corrected chi connectivity index (χ1v) is 5.20. The Balaban J connectivity index is 3.64. The van der Waals surface area contributed by atoms with Crippen molar-refractivity contribution in [2.45, 2.75) is 44.8 Å². The molecule has 0 amide bonds. The number of aliphatic hydroxyl groups is 2. The molecular formula is C10H21NO4. The highest BCUT2D eigenvalue weighted by atomic mass is 16.4. The Bertz CT molecular complexity index is 194. The number of carboxylic acids is 1. The van der Waals surface area contributed by atoms with Gasteiger partial charge in [-0.3, -0.25) is 4.79 Å². The SMILES string of the molecule is CCCC(C)(O)CNCC(O)CC(=O)O. The first-order valence-electron chi connectivity index (χ1n) is 5.20. The molecule has 4 N–H and O–H groups in total. The number of aliphatic carboxylic acids is 1. The summed E-state index contributed by atoms with van der Waals surface area (Å²) in [6.45, 7) is 4.24. The van der Waals surface area contributed by atoms with Crippen molar-refractivity contribution in [1.29, 1.82) is 0 Å². The second-order valence-corrected chi connectivity index (χ2v) is 4.13. The molecule has 90 valence electrons. The molecule has 0 aliphatic rings. The molecule has 0 fully saturated rings. The largest absolute Gasteiger partial charge is 0.481 e. The molecule has 0 spiro atoms. The van der Waals surface area contributed by atoms with Crippen LogP contribution in [0.1, 0.15) is 33.1 Å². The van der Waals surface area contributed by atoms with E-state index in [2.05, 4.69) is 5.32 Å². The van der Waals surface area contributed by atoms with Gasteiger partial charge in [0.25, 0.3) is 0 Å². The summed E-state index contributed by atoms with van der Waals surface area (Å²) >= 11 is 0. The number of carbonyl (C=O) groups is 1. The van der Waals surface area contributed by atoms with Crippen molar-refractivity contribution in [3.63, 3.8) is 0 Å². The van der Waals surface area contributed by atoms with E-state index >= 15 is 0 Å². The molecule has 2 unspecified atom stereocenters. The highest BCUT2D eigenvalue weighted by Gasteiger charge is 2.19. The van der Waals surface area contributed by atoms with Gasteiger partial charge < -0.3 is 20.6 Å². The molecule has 0 saturated heterocycles. The van der Waals surface area contributed by atoms with Crippen LogP contribution in [-0.4, -0.2) is 46.1 Å². The quantitative estimate of drug-likeness (QED) is 0.460. The van der Waals surface area contributed by atoms with Gasteiger partial charge in [-0.1, -0.05) is 13.3 Å². The zero-order valence-corrected chi connectivity index (χ0v) is 9.36. The molecule has 0 aliphatic carbocycles. The first-order chi connectivity index (χ1) is 6.87. The molecule has 2 atom stereocenters. The molecular weight excluding hydrogens is 198 g/mol. The van der Waals surface area contributed by atoms with Crippen LogP contribution >= 0.6 is 0 Å². The molecule has 0 aromatic heterocycles. The fraction of sp³-hybridized carbons (Fsp3) is 0.900. The van der Waals surface area contributed by atoms with Crippen LogP contribution in [0.3, 0.4) is 0 Å². The molecule has 0 aromatic carbocycles. The van der Waals surface area contributed by atoms with Crippen LogP contribution in [-0.2, 0) is 4.79 Å². The van der Waals surface area contributed by atoms with Crippen molar-refractivity contribution in [3.8, 4) is 0 Å². The van der Waals surface area contributed by atoms with E-state index in [1.165, 1.54) is 0 Å². The van der Waals surface area contributed by atoms with E-state index in [0.717, 1.165) is 6.42 Å². The van der Waals surface area contributed by atoms with E-state index in [1.54, 1.807) is 6.92 Å². The number of hydrogen-bond donors (Lipinski definition) is 4. The summed E-state index contributed by atoms with van der Waals surface area (Å²) in [6.07, 6.45) is 0.379. The number of aliphatic hydroxyl groups excluding tert-OH is 1. The molecule has 0 aromatic rings. The van der Waals surface area contributed by atoms with Gasteiger partial charge in [-0.25, -0.2) is 0 Å². The maximum atomic E-state index is 10.2. The smallest absolute Gasteiger partial charge is 0.306 e. The van der Waals surface area contributed by atoms with E-state index < -0.39 is 17.7 Å². The monoisotopic (exact) mass is 219 g/mol. The van der Waals surface area contributed by atoms with Crippen molar-refractivity contribution in [1.82, 2.24) is 5.32 Å². The molecule has 15 heavy (non-hydrogen) atoms. The Labute approximate surface area is 90.1 Å². The number of rotatable bonds is 8. The Kier molecular flexibility index (Phi) is 6.47. The van der Waals surface area contributed by atoms with E-state index in [4.69, 9.17) is 5.11 Å². The zero-order valence-electron chi connectivity index (χ0n) is 9.36. The van der Waals surface area contributed by atoms with Gasteiger partial charge in [-0.15, -0.1) is 0 Å². The van der Waals surface area contributed by atoms with Crippen LogP contribution in [0, 0.1) is 0 Å². The Hall–Kier alpha value is -0.650. The predicted molar refractivity (Wildman–Crippen MR) is 56.7 cm³/mol. The van der Waals surface area contributed by atoms with Crippen molar-refractivity contribution >= 4 is 5.97 Å². The predicted octanol–water partition coefficient (Wildman–Crippen LogP) is -0.0373. The average Bonchev–Trinajstić information content (AvgIpc) is 2.01. The van der Waals surface area contributed by atoms with Crippen LogP contribution < -0.4 is 5.32 Å². The van der Waals surface area contributed by atoms with E-state index in [0.29, 0.717) is 13.0 Å². The lowest BCUT2D eigenvalue weighted by molar-refractivity contribution is -0.139. The maximum absolute atomic E-state index is 10.2. The van der Waals surface area contributed by atoms with Gasteiger partial charge in [0.2, 0.25) is 0 Å². The van der Waals surface area contributed by atoms with Crippen LogP contribution in [0.4, 0.5) is 0 Å². The molecule has 0 rings (SSSR count). The Morgan fingerprint density at radius 2 is 2.13 bits per heavy atom. The zero-order chi connectivity index (χ0) is 11.9. The molecule has 0 saturated carbocycles. The summed E-state index contributed by atoms with van der Waals surface area (Å²) in [5.41, 5.74) is -0.794. The van der Waals surface area contributed by atoms with Crippen LogP contribution in [0.25, 0.3) is 0 Å². The van der Waals surface area contributed by atoms with Gasteiger partial charge in [-0.05, 0) is 13.3 Å². The van der Waals surface area contributed by atoms with Gasteiger partial charge >= 0.3 is 5.97 Å². The summed E-state index contributed by atoms with van der Waals surface area (Å²) in [7, 11) is 0. The number of carboxylic acid groups (broad SMARTS) is 1. The lowest BCUT2D eigenvalue weighted by atomic mass is 10.0. The standard InChI is InChI=1S/C10H21NO4/c1-3-4-10(2,15)7-11-6-8(12)5-9(13)14/h8,11-12,15H,3-7H2,1-2H3,(H,13,14). The van der Waals surface area contributed by atoms with Crippen LogP contribution in [0.2, 0.25) is 0 Å². The molecule has 0 bridgehead atoms. The third-order valence-corrected chi connectivity index (χ3v) is 2.08. The minimum atomic E-state index is -1.02. The normalized spacial score (nSPS) is 17.1. The van der Waals surface area contributed by atoms with Gasteiger partial charge in [0.05, 0.1) is 18.1 Å². The molecule has 5 heteroatoms. The fourth-order valence-electron chi connectivity index (χ4n) is 1.41. The Morgan fingerprint density at radius 1 is 1.53 bits per heavy atom. The highest BCUT2D eigenvalue weighted by molar-refractivity contribution is 5.67. The molecule has 5 nitrogen and oxygen atoms in total. The summed E-state index contributed by atoms with van der Waals surface area (Å²) in [4.78, 5) is 10.2. The second kappa shape index (κ2) is 6.76. The third-order valence-electron chi connectivity index (χ3n) is 2.08. The van der Waals surface area contributed by atoms with E-state index in [-0.39, 0.29) is 13.0 Å². The van der Waals surface area contributed by atoms with Gasteiger partial charge in [0.15, 0.2) is 0 Å². The maximum Gasteiger partial charge on any atom is 0.306 e. The van der Waals surface area contributed by atoms with Crippen LogP contribution in [0.5, 0.6) is 0 Å². The summed E-state index contributed by atoms with van der Waals surface area (Å²) in [5.74, 6) is -1.02. The minimum absolute atomic E-state index is 0.187. The van der Waals surface area contributed by atoms with Crippen molar-refractivity contribution in [2.75, 3.05) is 13.1 Å². The van der Waals surface area contributed by atoms with Crippen molar-refractivity contribution in [3.05, 3.63) is 0 Å². The van der Waals surface area contributed by atoms with Gasteiger partial charge in [0.1, 0.15) is 0 Å². The van der Waals surface area contributed by atoms with Gasteiger partial charge in [-0.2, -0.15) is 0 Å². The number of hydrogen-bond acceptors (Lipinski definition) is 4. The summed E-state index contributed by atoms with van der Waals surface area (Å²) in [6, 6.07) is 0. The van der Waals surface area contributed by atoms with Crippen molar-refractivity contribution < 1.29 is 20.1 Å². The van der Waals surface area contributed by atoms with E-state index in [1.807, 2.05) is 6.92 Å².